The van der Waals surface area contributed by atoms with Gasteiger partial charge in [-0.25, -0.2) is 0 Å². The molecule has 0 aromatic heterocycles. The number of ether oxygens (including phenoxy) is 12. The van der Waals surface area contributed by atoms with Crippen LogP contribution in [-0.2, 0) is 109 Å². The molecule has 0 fully saturated rings. The SMILES string of the molecule is CC(C)(C)OCCC[SiH3].CCC(C)(C)OCCC[SiH3].CO.CO.CO.COC.COC.COC.COC(C)=O.COC(C)=O.COC(C)=O.COC(C)OCCC[SiH3].COCOCCC[SiH3].[SiH3]CCc1ccccc1.[SiH3]CCc1ccccc1.[SiH3]CCc1ccccc1.[SiH3]Cc1ccccc1.[SiH3]Cc1ccccc1.[SiH3]Cc1ccccc1.[SiH3]c1ccccc1.[SiH3]c1ccccc1.[SiH3]c1ccccc1. The van der Waals surface area contributed by atoms with Gasteiger partial charge in [-0.2, -0.15) is 0 Å². The first kappa shape index (κ1) is 160. The lowest BCUT2D eigenvalue weighted by atomic mass is 10.1. The van der Waals surface area contributed by atoms with Gasteiger partial charge in [-0.1, -0.05) is 354 Å². The molecule has 0 radical (unpaired) electrons. The second-order valence-corrected chi connectivity index (χ2v) is 43.4. The number of rotatable bonds is 27. The zero-order chi connectivity index (χ0) is 108. The average Bonchev–Trinajstić information content (AvgIpc) is 0.922. The van der Waals surface area contributed by atoms with E-state index in [1.54, 1.807) is 56.9 Å². The van der Waals surface area contributed by atoms with Crippen molar-refractivity contribution in [3.63, 3.8) is 0 Å². The second-order valence-electron chi connectivity index (χ2n) is 30.8. The highest BCUT2D eigenvalue weighted by molar-refractivity contribution is 6.32. The zero-order valence-electron chi connectivity index (χ0n) is 94.3. The third kappa shape index (κ3) is 166. The maximum atomic E-state index is 9.59. The molecule has 9 aromatic rings. The molecule has 0 aliphatic carbocycles. The largest absolute Gasteiger partial charge is 0.469 e. The summed E-state index contributed by atoms with van der Waals surface area (Å²) in [6.07, 6.45) is 9.74. The van der Waals surface area contributed by atoms with E-state index >= 15 is 0 Å². The van der Waals surface area contributed by atoms with Crippen LogP contribution in [0.15, 0.2) is 273 Å². The first-order valence-corrected chi connectivity index (χ1v) is 65.8. The molecule has 0 aliphatic rings. The fraction of sp³-hybridized carbons (Fsp3) is 0.467. The molecule has 0 saturated carbocycles. The Labute approximate surface area is 884 Å². The lowest BCUT2D eigenvalue weighted by Gasteiger charge is -2.23. The Bertz CT molecular complexity index is 3260. The fourth-order valence-corrected chi connectivity index (χ4v) is 14.0. The van der Waals surface area contributed by atoms with Crippen molar-refractivity contribution >= 4 is 167 Å². The van der Waals surface area contributed by atoms with Crippen LogP contribution in [-0.4, -0.2) is 317 Å². The summed E-state index contributed by atoms with van der Waals surface area (Å²) in [6, 6.07) is 108. The van der Waals surface area contributed by atoms with Gasteiger partial charge in [0, 0.05) is 259 Å². The van der Waals surface area contributed by atoms with E-state index in [1.807, 2.05) is 25.1 Å². The number of esters is 3. The fourth-order valence-electron chi connectivity index (χ4n) is 8.51. The maximum absolute atomic E-state index is 9.59. The number of carbonyl (C=O) groups excluding carboxylic acids is 3. The molecule has 3 N–H and O–H groups in total. The lowest BCUT2D eigenvalue weighted by Crippen LogP contribution is -2.23. The monoisotopic (exact) mass is 2140 g/mol. The van der Waals surface area contributed by atoms with Crippen LogP contribution in [0.1, 0.15) is 135 Å². The molecule has 794 valence electrons. The quantitative estimate of drug-likeness (QED) is 0.0172. The number of aryl methyl sites for hydroxylation is 3. The van der Waals surface area contributed by atoms with Crippen LogP contribution in [0.25, 0.3) is 0 Å². The standard InChI is InChI=1S/C8H20OSi.3C8H12Si.C7H18OSi.3C7H10Si.C6H16O2Si.3C6H8Si.C5H14O2Si.3C3H6O2.3C2H6O.3CH4O/c1-4-8(2,3)9-6-5-7-10;3*9-7-6-8-4-2-1-3-5-8;1-7(2,3)8-5-4-6-9;3*8-6-7-4-2-1-3-5-7;1-6(7-2)8-4-3-5-9;3*7-6-4-2-1-3-5-6;1-6-5-7-3-2-4-8;3*1-3(4)5-2;3*1-3-2;3*1-2/h4-7H2,1-3,10H3;3*1-5H,6-7H2,9H3;4-6H2,1-3,9H3;3*1-5H,6H2,8H3;6H,3-5H2,1-2,9H3;3*1-5H,7H3;2-5H2,1,8H3;3*1-2H3;3*1-2H3;3*2H,1H3. The Kier molecular flexibility index (Phi) is 164. The Morgan fingerprint density at radius 1 is 0.304 bits per heavy atom. The van der Waals surface area contributed by atoms with Crippen LogP contribution in [0.5, 0.6) is 0 Å². The Morgan fingerprint density at radius 2 is 0.500 bits per heavy atom. The molecule has 0 amide bonds. The molecule has 0 saturated heterocycles. The minimum Gasteiger partial charge on any atom is -0.469 e. The number of hydrogen-bond donors (Lipinski definition) is 3. The molecule has 0 spiro atoms. The van der Waals surface area contributed by atoms with Gasteiger partial charge in [-0.3, -0.25) is 14.4 Å². The summed E-state index contributed by atoms with van der Waals surface area (Å²) in [5, 5.41) is 25.4. The van der Waals surface area contributed by atoms with Crippen molar-refractivity contribution in [3.05, 3.63) is 306 Å². The number of methoxy groups -OCH3 is 8. The summed E-state index contributed by atoms with van der Waals surface area (Å²) in [6.45, 7) is 22.8. The number of hydrogen-bond acceptors (Lipinski definition) is 18. The van der Waals surface area contributed by atoms with Gasteiger partial charge in [0.1, 0.15) is 6.79 Å². The van der Waals surface area contributed by atoms with E-state index in [9.17, 15) is 14.4 Å². The number of benzene rings is 9. The van der Waals surface area contributed by atoms with Gasteiger partial charge >= 0.3 is 17.9 Å². The lowest BCUT2D eigenvalue weighted by molar-refractivity contribution is -0.138. The van der Waals surface area contributed by atoms with Crippen molar-refractivity contribution < 1.29 is 86.5 Å². The molecule has 0 aliphatic heterocycles. The highest BCUT2D eigenvalue weighted by Crippen LogP contribution is 2.14. The van der Waals surface area contributed by atoms with Crippen molar-refractivity contribution in [2.45, 2.75) is 199 Å². The van der Waals surface area contributed by atoms with Gasteiger partial charge in [-0.05, 0) is 128 Å². The second kappa shape index (κ2) is 141. The van der Waals surface area contributed by atoms with Crippen molar-refractivity contribution in [1.29, 1.82) is 0 Å². The summed E-state index contributed by atoms with van der Waals surface area (Å²) in [4.78, 5) is 28.8. The molecular weight excluding hydrogens is 1940 g/mol. The molecule has 0 heterocycles. The van der Waals surface area contributed by atoms with Gasteiger partial charge in [0.2, 0.25) is 0 Å². The Morgan fingerprint density at radius 3 is 0.652 bits per heavy atom. The first-order valence-electron chi connectivity index (χ1n) is 48.7. The van der Waals surface area contributed by atoms with Gasteiger partial charge < -0.3 is 72.2 Å². The topological polar surface area (TPSA) is 223 Å². The zero-order valence-corrected chi connectivity index (χ0v) is 120. The number of aliphatic hydroxyl groups is 3. The third-order valence-electron chi connectivity index (χ3n) is 16.5. The predicted octanol–water partition coefficient (Wildman–Crippen LogP) is 6.17. The van der Waals surface area contributed by atoms with E-state index in [2.05, 4.69) is 329 Å². The molecule has 31 heteroatoms. The molecular formula is C107H206O18Si13. The number of aliphatic hydroxyl groups excluding tert-OH is 3. The van der Waals surface area contributed by atoms with E-state index in [0.29, 0.717) is 6.79 Å². The van der Waals surface area contributed by atoms with E-state index in [-0.39, 0.29) is 35.4 Å². The molecule has 1 unspecified atom stereocenters. The summed E-state index contributed by atoms with van der Waals surface area (Å²) in [7, 11) is 36.6. The minimum atomic E-state index is -0.245. The highest BCUT2D eigenvalue weighted by Gasteiger charge is 2.14. The van der Waals surface area contributed by atoms with Crippen LogP contribution in [0.3, 0.4) is 0 Å². The van der Waals surface area contributed by atoms with E-state index in [1.165, 1.54) is 330 Å². The van der Waals surface area contributed by atoms with Crippen LogP contribution in [0, 0.1) is 0 Å². The molecule has 9 aromatic carbocycles. The van der Waals surface area contributed by atoms with Gasteiger partial charge in [0.15, 0.2) is 6.29 Å². The molecule has 0 bridgehead atoms. The van der Waals surface area contributed by atoms with Crippen molar-refractivity contribution in [3.8, 4) is 0 Å². The van der Waals surface area contributed by atoms with Crippen LogP contribution in [0.2, 0.25) is 42.3 Å². The van der Waals surface area contributed by atoms with Crippen LogP contribution >= 0.6 is 0 Å². The Balaban J connectivity index is -0.000000109. The van der Waals surface area contributed by atoms with Crippen molar-refractivity contribution in [1.82, 2.24) is 0 Å². The van der Waals surface area contributed by atoms with Gasteiger partial charge in [-0.15, -0.1) is 0 Å². The van der Waals surface area contributed by atoms with Gasteiger partial charge in [0.05, 0.1) is 32.5 Å². The highest BCUT2D eigenvalue weighted by atomic mass is 28.2. The summed E-state index contributed by atoms with van der Waals surface area (Å²) in [5.74, 6) is -0.736. The van der Waals surface area contributed by atoms with E-state index in [4.69, 9.17) is 39.0 Å². The summed E-state index contributed by atoms with van der Waals surface area (Å²) in [5.41, 5.74) is 9.03. The molecule has 18 nitrogen and oxygen atoms in total. The van der Waals surface area contributed by atoms with Gasteiger partial charge in [0.25, 0.3) is 0 Å². The summed E-state index contributed by atoms with van der Waals surface area (Å²) < 4.78 is 56.0. The first-order chi connectivity index (χ1) is 66.2. The smallest absolute Gasteiger partial charge is 0.302 e. The van der Waals surface area contributed by atoms with E-state index < -0.39 is 0 Å². The van der Waals surface area contributed by atoms with Crippen molar-refractivity contribution in [2.75, 3.05) is 133 Å². The average molecular weight is 2150 g/mol. The van der Waals surface area contributed by atoms with Crippen molar-refractivity contribution in [2.24, 2.45) is 0 Å². The maximum Gasteiger partial charge on any atom is 0.302 e. The normalized spacial score (nSPS) is 9.41. The molecule has 9 rings (SSSR count). The summed E-state index contributed by atoms with van der Waals surface area (Å²) >= 11 is 0. The minimum absolute atomic E-state index is 0.0294. The molecule has 1 atom stereocenters. The Hall–Kier alpha value is -6.27. The third-order valence-corrected chi connectivity index (χ3v) is 25.3. The van der Waals surface area contributed by atoms with Crippen LogP contribution in [0.4, 0.5) is 0 Å². The predicted molar refractivity (Wildman–Crippen MR) is 653 cm³/mol. The van der Waals surface area contributed by atoms with Crippen LogP contribution < -0.4 is 15.6 Å². The van der Waals surface area contributed by atoms with E-state index in [0.717, 1.165) is 54.2 Å². The number of carbonyl (C=O) groups is 3. The molecule has 138 heavy (non-hydrogen) atoms.